The van der Waals surface area contributed by atoms with E-state index in [1.165, 1.54) is 12.1 Å². The summed E-state index contributed by atoms with van der Waals surface area (Å²) in [6.45, 7) is -1.16. The molecule has 3 rings (SSSR count). The van der Waals surface area contributed by atoms with Crippen LogP contribution in [0, 0.1) is 0 Å². The third-order valence-electron chi connectivity index (χ3n) is 3.36. The van der Waals surface area contributed by atoms with E-state index in [2.05, 4.69) is 8.37 Å². The van der Waals surface area contributed by atoms with Crippen LogP contribution in [0.2, 0.25) is 0 Å². The molecule has 0 bridgehead atoms. The van der Waals surface area contributed by atoms with Gasteiger partial charge in [0.25, 0.3) is 0 Å². The summed E-state index contributed by atoms with van der Waals surface area (Å²) in [4.78, 5) is -0.424. The minimum Gasteiger partial charge on any atom is -1.00 e. The van der Waals surface area contributed by atoms with Crippen LogP contribution in [0.4, 0.5) is 0 Å². The zero-order chi connectivity index (χ0) is 17.6. The van der Waals surface area contributed by atoms with Gasteiger partial charge in [-0.3, -0.25) is 8.37 Å². The third kappa shape index (κ3) is 3.78. The van der Waals surface area contributed by atoms with Crippen molar-refractivity contribution in [2.75, 3.05) is 13.2 Å². The fraction of sp³-hybridized carbons (Fsp3) is 0.231. The smallest absolute Gasteiger partial charge is 1.00 e. The number of benzene rings is 2. The molecule has 0 spiro atoms. The zero-order valence-electron chi connectivity index (χ0n) is 14.0. The zero-order valence-corrected chi connectivity index (χ0v) is 17.5. The van der Waals surface area contributed by atoms with Crippen molar-refractivity contribution in [3.05, 3.63) is 42.5 Å². The van der Waals surface area contributed by atoms with Crippen molar-refractivity contribution in [2.45, 2.75) is 8.81 Å². The summed E-state index contributed by atoms with van der Waals surface area (Å²) in [6.07, 6.45) is 0. The molecule has 1 fully saturated rings. The second kappa shape index (κ2) is 7.24. The molecule has 25 heavy (non-hydrogen) atoms. The number of hydrogen-bond acceptors (Lipinski definition) is 8. The number of hydrogen-bond donors (Lipinski definition) is 0. The van der Waals surface area contributed by atoms with Crippen LogP contribution in [0.3, 0.4) is 0 Å². The summed E-state index contributed by atoms with van der Waals surface area (Å²) in [6, 6.07) is 10.5. The van der Waals surface area contributed by atoms with Gasteiger partial charge in [0.2, 0.25) is 9.84 Å². The van der Waals surface area contributed by atoms with Gasteiger partial charge < -0.3 is 1.43 Å². The molecule has 0 saturated carbocycles. The molecule has 1 aliphatic rings. The SMILES string of the molecule is O=S1(=O)OCCOS(=O)(=O)C1S(=O)(=O)c1cccc2ccccc12.[H-].[Na+]. The summed E-state index contributed by atoms with van der Waals surface area (Å²) < 4.78 is 80.2. The van der Waals surface area contributed by atoms with Gasteiger partial charge >= 0.3 is 53.7 Å². The van der Waals surface area contributed by atoms with Crippen LogP contribution >= 0.6 is 0 Å². The Morgan fingerprint density at radius 3 is 2.00 bits per heavy atom. The van der Waals surface area contributed by atoms with Gasteiger partial charge in [-0.05, 0) is 11.5 Å². The molecule has 1 aliphatic heterocycles. The van der Waals surface area contributed by atoms with E-state index in [1.54, 1.807) is 24.3 Å². The van der Waals surface area contributed by atoms with Crippen LogP contribution in [0.5, 0.6) is 0 Å². The van der Waals surface area contributed by atoms with Crippen molar-refractivity contribution in [3.63, 3.8) is 0 Å². The van der Waals surface area contributed by atoms with E-state index in [9.17, 15) is 25.3 Å². The molecule has 0 aromatic heterocycles. The van der Waals surface area contributed by atoms with E-state index in [0.29, 0.717) is 5.39 Å². The van der Waals surface area contributed by atoms with Crippen molar-refractivity contribution < 1.29 is 64.6 Å². The van der Waals surface area contributed by atoms with Crippen LogP contribution in [0.15, 0.2) is 47.4 Å². The van der Waals surface area contributed by atoms with Crippen molar-refractivity contribution >= 4 is 40.8 Å². The maximum atomic E-state index is 12.9. The fourth-order valence-corrected chi connectivity index (χ4v) is 9.13. The molecule has 132 valence electrons. The van der Waals surface area contributed by atoms with Crippen molar-refractivity contribution in [2.24, 2.45) is 0 Å². The first-order chi connectivity index (χ1) is 11.2. The number of fused-ring (bicyclic) bond motifs is 1. The molecule has 1 saturated heterocycles. The van der Waals surface area contributed by atoms with Gasteiger partial charge in [0.1, 0.15) is 0 Å². The Hall–Kier alpha value is -0.530. The Balaban J connectivity index is 0.00000169. The molecule has 0 radical (unpaired) electrons. The quantitative estimate of drug-likeness (QED) is 0.397. The Bertz CT molecular complexity index is 1070. The summed E-state index contributed by atoms with van der Waals surface area (Å²) >= 11 is 0. The van der Waals surface area contributed by atoms with E-state index in [4.69, 9.17) is 0 Å². The number of rotatable bonds is 2. The van der Waals surface area contributed by atoms with Crippen LogP contribution in [0.25, 0.3) is 10.8 Å². The normalized spacial score (nSPS) is 20.5. The van der Waals surface area contributed by atoms with Crippen LogP contribution < -0.4 is 29.6 Å². The largest absolute Gasteiger partial charge is 1.00 e. The molecule has 0 amide bonds. The van der Waals surface area contributed by atoms with Gasteiger partial charge in [-0.2, -0.15) is 16.8 Å². The Morgan fingerprint density at radius 1 is 0.880 bits per heavy atom. The predicted molar refractivity (Wildman–Crippen MR) is 85.8 cm³/mol. The van der Waals surface area contributed by atoms with Crippen LogP contribution in [-0.4, -0.2) is 42.4 Å². The first-order valence-corrected chi connectivity index (χ1v) is 11.1. The molecule has 0 N–H and O–H groups in total. The number of sulfone groups is 1. The fourth-order valence-electron chi connectivity index (χ4n) is 2.41. The molecule has 2 aromatic rings. The first-order valence-electron chi connectivity index (χ1n) is 6.64. The molecule has 0 atom stereocenters. The van der Waals surface area contributed by atoms with E-state index >= 15 is 0 Å². The second-order valence-corrected chi connectivity index (χ2v) is 11.2. The minimum absolute atomic E-state index is 0. The molecule has 2 aromatic carbocycles. The van der Waals surface area contributed by atoms with Crippen LogP contribution in [0.1, 0.15) is 1.43 Å². The van der Waals surface area contributed by atoms with Gasteiger partial charge in [0, 0.05) is 5.39 Å². The van der Waals surface area contributed by atoms with Gasteiger partial charge in [0.05, 0.1) is 18.1 Å². The van der Waals surface area contributed by atoms with Gasteiger partial charge in [0.15, 0.2) is 0 Å². The summed E-state index contributed by atoms with van der Waals surface area (Å²) in [7, 11) is -14.7. The van der Waals surface area contributed by atoms with Gasteiger partial charge in [-0.1, -0.05) is 36.4 Å². The summed E-state index contributed by atoms with van der Waals surface area (Å²) in [5, 5.41) is 0.721. The Labute approximate surface area is 169 Å². The molecular formula is C13H13NaO8S3. The maximum absolute atomic E-state index is 12.9. The molecular weight excluding hydrogens is 403 g/mol. The van der Waals surface area contributed by atoms with Crippen molar-refractivity contribution in [3.8, 4) is 0 Å². The average molecular weight is 416 g/mol. The summed E-state index contributed by atoms with van der Waals surface area (Å²) in [5.41, 5.74) is 0. The first kappa shape index (κ1) is 20.8. The topological polar surface area (TPSA) is 121 Å². The van der Waals surface area contributed by atoms with Crippen molar-refractivity contribution in [1.82, 2.24) is 0 Å². The van der Waals surface area contributed by atoms with Crippen molar-refractivity contribution in [1.29, 1.82) is 0 Å². The molecule has 1 heterocycles. The van der Waals surface area contributed by atoms with E-state index in [1.807, 2.05) is 0 Å². The van der Waals surface area contributed by atoms with Crippen LogP contribution in [-0.2, 0) is 38.4 Å². The van der Waals surface area contributed by atoms with E-state index in [0.717, 1.165) is 6.07 Å². The molecule has 0 unspecified atom stereocenters. The molecule has 8 nitrogen and oxygen atoms in total. The van der Waals surface area contributed by atoms with E-state index < -0.39 is 52.1 Å². The Morgan fingerprint density at radius 2 is 1.40 bits per heavy atom. The maximum Gasteiger partial charge on any atom is 1.00 e. The van der Waals surface area contributed by atoms with E-state index in [-0.39, 0.29) is 36.4 Å². The van der Waals surface area contributed by atoms with Gasteiger partial charge in [-0.15, -0.1) is 0 Å². The molecule has 12 heteroatoms. The molecule has 0 aliphatic carbocycles. The average Bonchev–Trinajstić information content (AvgIpc) is 2.61. The third-order valence-corrected chi connectivity index (χ3v) is 11.1. The van der Waals surface area contributed by atoms with Gasteiger partial charge in [-0.25, -0.2) is 8.42 Å². The Kier molecular flexibility index (Phi) is 6.01. The minimum atomic E-state index is -4.94. The second-order valence-electron chi connectivity index (χ2n) is 4.94. The standard InChI is InChI=1S/C13H12O8S3.Na.H/c14-22(15,12-7-3-5-10-4-1-2-6-11(10)12)13-23(16,17)20-8-9-21-24(13,18)19;;/h1-7,13H,8-9H2;;/q;+1;-1. The monoisotopic (exact) mass is 416 g/mol. The predicted octanol–water partition coefficient (Wildman–Crippen LogP) is -2.28. The summed E-state index contributed by atoms with van der Waals surface area (Å²) in [5.74, 6) is 0.